The summed E-state index contributed by atoms with van der Waals surface area (Å²) in [7, 11) is 6.12. The highest BCUT2D eigenvalue weighted by atomic mass is 16.7. The number of esters is 1. The van der Waals surface area contributed by atoms with Crippen LogP contribution in [-0.4, -0.2) is 95.1 Å². The number of hydrogen-bond donors (Lipinski definition) is 1. The van der Waals surface area contributed by atoms with E-state index in [0.29, 0.717) is 32.3 Å². The van der Waals surface area contributed by atoms with Crippen molar-refractivity contribution in [2.45, 2.75) is 81.1 Å². The zero-order valence-electron chi connectivity index (χ0n) is 18.4. The van der Waals surface area contributed by atoms with Gasteiger partial charge in [-0.2, -0.15) is 0 Å². The van der Waals surface area contributed by atoms with E-state index in [0.717, 1.165) is 0 Å². The normalized spacial score (nSPS) is 35.6. The Morgan fingerprint density at radius 1 is 1.13 bits per heavy atom. The predicted molar refractivity (Wildman–Crippen MR) is 107 cm³/mol. The van der Waals surface area contributed by atoms with Gasteiger partial charge in [0.05, 0.1) is 44.6 Å². The van der Waals surface area contributed by atoms with Crippen molar-refractivity contribution in [3.05, 3.63) is 12.7 Å². The fourth-order valence-electron chi connectivity index (χ4n) is 4.11. The number of rotatable bonds is 11. The van der Waals surface area contributed by atoms with E-state index >= 15 is 0 Å². The van der Waals surface area contributed by atoms with Crippen molar-refractivity contribution in [1.82, 2.24) is 0 Å². The topological polar surface area (TPSA) is 102 Å². The predicted octanol–water partition coefficient (Wildman–Crippen LogP) is 1.21. The van der Waals surface area contributed by atoms with Crippen LogP contribution in [0.3, 0.4) is 0 Å². The maximum atomic E-state index is 11.8. The lowest BCUT2D eigenvalue weighted by Gasteiger charge is -2.43. The number of carbonyl (C=O) groups is 1. The van der Waals surface area contributed by atoms with Crippen molar-refractivity contribution >= 4 is 5.97 Å². The lowest BCUT2D eigenvalue weighted by Crippen LogP contribution is -2.57. The summed E-state index contributed by atoms with van der Waals surface area (Å²) < 4.78 is 39.5. The van der Waals surface area contributed by atoms with E-state index in [4.69, 9.17) is 33.2 Å². The van der Waals surface area contributed by atoms with Gasteiger partial charge in [0.1, 0.15) is 18.3 Å². The molecule has 0 bridgehead atoms. The Hall–Kier alpha value is -1.07. The van der Waals surface area contributed by atoms with Crippen molar-refractivity contribution in [2.75, 3.05) is 35.0 Å². The summed E-state index contributed by atoms with van der Waals surface area (Å²) in [4.78, 5) is 11.8. The van der Waals surface area contributed by atoms with Crippen LogP contribution in [-0.2, 0) is 38.0 Å². The van der Waals surface area contributed by atoms with E-state index < -0.39 is 18.5 Å². The van der Waals surface area contributed by atoms with Gasteiger partial charge in [0.15, 0.2) is 6.29 Å². The van der Waals surface area contributed by atoms with E-state index in [1.54, 1.807) is 27.4 Å². The molecule has 0 aliphatic carbocycles. The van der Waals surface area contributed by atoms with Crippen molar-refractivity contribution in [2.24, 2.45) is 0 Å². The summed E-state index contributed by atoms with van der Waals surface area (Å²) in [6.45, 7) is 3.97. The largest absolute Gasteiger partial charge is 0.469 e. The maximum absolute atomic E-state index is 11.8. The first-order valence-corrected chi connectivity index (χ1v) is 10.3. The Bertz CT molecular complexity index is 529. The smallest absolute Gasteiger partial charge is 0.308 e. The van der Waals surface area contributed by atoms with Crippen LogP contribution in [0.4, 0.5) is 0 Å². The minimum absolute atomic E-state index is 0.121. The fraction of sp³-hybridized carbons (Fsp3) is 0.857. The van der Waals surface area contributed by atoms with E-state index in [1.165, 1.54) is 7.11 Å². The molecule has 0 saturated carbocycles. The van der Waals surface area contributed by atoms with Crippen molar-refractivity contribution < 1.29 is 43.1 Å². The highest BCUT2D eigenvalue weighted by molar-refractivity contribution is 5.69. The van der Waals surface area contributed by atoms with Crippen molar-refractivity contribution in [3.8, 4) is 0 Å². The minimum atomic E-state index is -0.646. The third-order valence-electron chi connectivity index (χ3n) is 5.59. The van der Waals surface area contributed by atoms with Gasteiger partial charge in [-0.3, -0.25) is 4.79 Å². The van der Waals surface area contributed by atoms with Gasteiger partial charge in [-0.15, -0.1) is 6.58 Å². The molecular weight excluding hydrogens is 396 g/mol. The summed E-state index contributed by atoms with van der Waals surface area (Å²) in [5.41, 5.74) is 0. The Morgan fingerprint density at radius 3 is 2.43 bits per heavy atom. The molecule has 2 aliphatic rings. The van der Waals surface area contributed by atoms with E-state index in [1.807, 2.05) is 0 Å². The molecule has 174 valence electrons. The molecular formula is C21H36O9. The summed E-state index contributed by atoms with van der Waals surface area (Å²) in [5.74, 6) is -0.350. The van der Waals surface area contributed by atoms with Gasteiger partial charge in [0, 0.05) is 34.2 Å². The van der Waals surface area contributed by atoms with Crippen LogP contribution in [0, 0.1) is 0 Å². The van der Waals surface area contributed by atoms with Crippen molar-refractivity contribution in [1.29, 1.82) is 0 Å². The van der Waals surface area contributed by atoms with Crippen LogP contribution in [0.15, 0.2) is 12.7 Å². The first kappa shape index (κ1) is 25.2. The third-order valence-corrected chi connectivity index (χ3v) is 5.59. The molecule has 8 atom stereocenters. The second-order valence-corrected chi connectivity index (χ2v) is 7.68. The van der Waals surface area contributed by atoms with Gasteiger partial charge in [-0.25, -0.2) is 0 Å². The molecule has 30 heavy (non-hydrogen) atoms. The first-order chi connectivity index (χ1) is 14.4. The number of aliphatic hydroxyl groups excluding tert-OH is 1. The highest BCUT2D eigenvalue weighted by Gasteiger charge is 2.44. The second-order valence-electron chi connectivity index (χ2n) is 7.68. The number of hydrogen-bond acceptors (Lipinski definition) is 9. The molecule has 9 heteroatoms. The zero-order chi connectivity index (χ0) is 22.1. The Kier molecular flexibility index (Phi) is 10.7. The van der Waals surface area contributed by atoms with Gasteiger partial charge >= 0.3 is 5.97 Å². The van der Waals surface area contributed by atoms with Crippen LogP contribution < -0.4 is 0 Å². The molecule has 2 rings (SSSR count). The van der Waals surface area contributed by atoms with Gasteiger partial charge in [0.25, 0.3) is 0 Å². The molecule has 0 amide bonds. The van der Waals surface area contributed by atoms with Gasteiger partial charge in [-0.05, 0) is 12.8 Å². The molecule has 0 unspecified atom stereocenters. The monoisotopic (exact) mass is 432 g/mol. The number of aliphatic hydroxyl groups is 1. The lowest BCUT2D eigenvalue weighted by molar-refractivity contribution is -0.302. The average molecular weight is 433 g/mol. The molecule has 2 aliphatic heterocycles. The fourth-order valence-corrected chi connectivity index (χ4v) is 4.11. The standard InChI is InChI=1S/C21H36O9/c1-6-7-13(22)8-14-9-15(10-16(29-14)11-18(23)25-3)30-21-20(27-5)19(26-4)17(24-2)12-28-21/h6,13-17,19-22H,1,7-12H2,2-5H3/t13-,14-,15+,16-,17-,19+,20-,21+/m1/s1. The maximum Gasteiger partial charge on any atom is 0.308 e. The number of methoxy groups -OCH3 is 4. The van der Waals surface area contributed by atoms with Crippen LogP contribution in [0.25, 0.3) is 0 Å². The van der Waals surface area contributed by atoms with Gasteiger partial charge in [0.2, 0.25) is 0 Å². The highest BCUT2D eigenvalue weighted by Crippen LogP contribution is 2.31. The third kappa shape index (κ3) is 6.98. The molecule has 1 N–H and O–H groups in total. The van der Waals surface area contributed by atoms with Crippen LogP contribution in [0.2, 0.25) is 0 Å². The van der Waals surface area contributed by atoms with Crippen LogP contribution in [0.1, 0.15) is 32.1 Å². The van der Waals surface area contributed by atoms with Crippen LogP contribution >= 0.6 is 0 Å². The minimum Gasteiger partial charge on any atom is -0.469 e. The molecule has 2 fully saturated rings. The molecule has 0 aromatic heterocycles. The van der Waals surface area contributed by atoms with Crippen LogP contribution in [0.5, 0.6) is 0 Å². The molecule has 2 saturated heterocycles. The SMILES string of the molecule is C=CC[C@@H](O)C[C@@H]1C[C@H](O[C@@H]2OC[C@@H](OC)[C@H](OC)[C@H]2OC)C[C@H](CC(=O)OC)O1. The molecule has 0 aromatic rings. The number of carbonyl (C=O) groups excluding carboxylic acids is 1. The van der Waals surface area contributed by atoms with Crippen molar-refractivity contribution in [3.63, 3.8) is 0 Å². The van der Waals surface area contributed by atoms with E-state index in [-0.39, 0.29) is 42.9 Å². The van der Waals surface area contributed by atoms with Gasteiger partial charge < -0.3 is 38.3 Å². The van der Waals surface area contributed by atoms with Gasteiger partial charge in [-0.1, -0.05) is 6.08 Å². The Balaban J connectivity index is 2.06. The molecule has 0 aromatic carbocycles. The molecule has 0 spiro atoms. The molecule has 2 heterocycles. The summed E-state index contributed by atoms with van der Waals surface area (Å²) in [6.07, 6.45) is 0.600. The number of ether oxygens (including phenoxy) is 7. The second kappa shape index (κ2) is 12.7. The average Bonchev–Trinajstić information content (AvgIpc) is 2.73. The summed E-state index contributed by atoms with van der Waals surface area (Å²) in [6, 6.07) is 0. The summed E-state index contributed by atoms with van der Waals surface area (Å²) in [5, 5.41) is 10.2. The Morgan fingerprint density at radius 2 is 1.83 bits per heavy atom. The first-order valence-electron chi connectivity index (χ1n) is 10.3. The lowest BCUT2D eigenvalue weighted by atomic mass is 9.94. The summed E-state index contributed by atoms with van der Waals surface area (Å²) >= 11 is 0. The van der Waals surface area contributed by atoms with E-state index in [2.05, 4.69) is 6.58 Å². The molecule has 9 nitrogen and oxygen atoms in total. The Labute approximate surface area is 178 Å². The zero-order valence-corrected chi connectivity index (χ0v) is 18.4. The van der Waals surface area contributed by atoms with E-state index in [9.17, 15) is 9.90 Å². The molecule has 0 radical (unpaired) electrons. The quantitative estimate of drug-likeness (QED) is 0.381.